The molecule has 7 nitrogen and oxygen atoms in total. The number of benzene rings is 4. The number of aromatic hydroxyl groups is 1. The van der Waals surface area contributed by atoms with E-state index < -0.39 is 0 Å². The highest BCUT2D eigenvalue weighted by Gasteiger charge is 2.17. The molecule has 0 radical (unpaired) electrons. The van der Waals surface area contributed by atoms with Crippen LogP contribution >= 0.6 is 0 Å². The topological polar surface area (TPSA) is 83.1 Å². The van der Waals surface area contributed by atoms with Gasteiger partial charge in [0.15, 0.2) is 0 Å². The quantitative estimate of drug-likeness (QED) is 0.115. The molecular formula is C51H87N3O4. The maximum absolute atomic E-state index is 11.5. The minimum atomic E-state index is -0.285. The fourth-order valence-electron chi connectivity index (χ4n) is 3.99. The second-order valence-electron chi connectivity index (χ2n) is 15.1. The Morgan fingerprint density at radius 3 is 1.52 bits per heavy atom. The van der Waals surface area contributed by atoms with Crippen LogP contribution in [0.5, 0.6) is 5.75 Å². The van der Waals surface area contributed by atoms with Gasteiger partial charge in [0, 0.05) is 35.2 Å². The van der Waals surface area contributed by atoms with Gasteiger partial charge in [-0.05, 0) is 129 Å². The fraction of sp³-hybridized carbons (Fsp3) is 0.510. The normalized spacial score (nSPS) is 9.98. The van der Waals surface area contributed by atoms with E-state index in [0.29, 0.717) is 6.61 Å². The lowest BCUT2D eigenvalue weighted by molar-refractivity contribution is -0.144. The maximum atomic E-state index is 11.5. The summed E-state index contributed by atoms with van der Waals surface area (Å²) in [5.74, 6) is -0.0936. The van der Waals surface area contributed by atoms with E-state index in [1.54, 1.807) is 24.3 Å². The first kappa shape index (κ1) is 60.3. The Morgan fingerprint density at radius 1 is 0.638 bits per heavy atom. The van der Waals surface area contributed by atoms with Gasteiger partial charge in [0.25, 0.3) is 0 Å². The number of aryl methyl sites for hydroxylation is 1. The van der Waals surface area contributed by atoms with E-state index >= 15 is 0 Å². The van der Waals surface area contributed by atoms with Crippen molar-refractivity contribution in [2.45, 2.75) is 162 Å². The second kappa shape index (κ2) is 33.6. The van der Waals surface area contributed by atoms with Crippen LogP contribution in [0.15, 0.2) is 103 Å². The SMILES string of the molecule is C.CC.CC.CC.CC.CC(C)(C)NCOC(=O)Cc1ccc(O)cc1.CN(c1ccc(Nc2ccccc2)cc1)C(C)(C)C.Cc1ccc(COC(C)(C)C)cc1. The van der Waals surface area contributed by atoms with Crippen LogP contribution in [0.3, 0.4) is 0 Å². The average Bonchev–Trinajstić information content (AvgIpc) is 3.18. The fourth-order valence-corrected chi connectivity index (χ4v) is 3.99. The second-order valence-corrected chi connectivity index (χ2v) is 15.1. The molecule has 0 aliphatic rings. The Balaban J connectivity index is -0.000000348. The van der Waals surface area contributed by atoms with Crippen molar-refractivity contribution in [2.24, 2.45) is 0 Å². The molecular weight excluding hydrogens is 719 g/mol. The Labute approximate surface area is 358 Å². The van der Waals surface area contributed by atoms with Crippen molar-refractivity contribution in [2.75, 3.05) is 24.0 Å². The van der Waals surface area contributed by atoms with Crippen LogP contribution in [0.4, 0.5) is 17.1 Å². The minimum Gasteiger partial charge on any atom is -0.508 e. The Hall–Kier alpha value is -4.33. The summed E-state index contributed by atoms with van der Waals surface area (Å²) in [5.41, 5.74) is 6.81. The molecule has 0 unspecified atom stereocenters. The number of rotatable bonds is 9. The van der Waals surface area contributed by atoms with Gasteiger partial charge >= 0.3 is 5.97 Å². The summed E-state index contributed by atoms with van der Waals surface area (Å²) < 4.78 is 10.7. The molecule has 4 aromatic rings. The van der Waals surface area contributed by atoms with E-state index in [-0.39, 0.29) is 49.0 Å². The minimum absolute atomic E-state index is 0. The van der Waals surface area contributed by atoms with Crippen LogP contribution in [0.25, 0.3) is 0 Å². The highest BCUT2D eigenvalue weighted by molar-refractivity contribution is 5.72. The first-order chi connectivity index (χ1) is 26.8. The van der Waals surface area contributed by atoms with Gasteiger partial charge in [-0.25, -0.2) is 0 Å². The van der Waals surface area contributed by atoms with Crippen molar-refractivity contribution in [3.05, 3.63) is 120 Å². The number of hydrogen-bond donors (Lipinski definition) is 3. The van der Waals surface area contributed by atoms with Gasteiger partial charge in [-0.2, -0.15) is 0 Å². The third-order valence-corrected chi connectivity index (χ3v) is 7.24. The van der Waals surface area contributed by atoms with Gasteiger partial charge in [0.2, 0.25) is 0 Å². The molecule has 4 rings (SSSR count). The molecule has 0 atom stereocenters. The lowest BCUT2D eigenvalue weighted by atomic mass is 10.1. The monoisotopic (exact) mass is 806 g/mol. The molecule has 330 valence electrons. The zero-order valence-corrected chi connectivity index (χ0v) is 39.6. The number of phenolic OH excluding ortho intramolecular Hbond substituents is 1. The van der Waals surface area contributed by atoms with Crippen molar-refractivity contribution < 1.29 is 19.4 Å². The lowest BCUT2D eigenvalue weighted by Crippen LogP contribution is -2.38. The number of nitrogens with zero attached hydrogens (tertiary/aromatic N) is 1. The number of hydrogen-bond acceptors (Lipinski definition) is 7. The third kappa shape index (κ3) is 31.7. The summed E-state index contributed by atoms with van der Waals surface area (Å²) in [6.45, 7) is 37.8. The van der Waals surface area contributed by atoms with Gasteiger partial charge in [0.05, 0.1) is 18.6 Å². The van der Waals surface area contributed by atoms with E-state index in [2.05, 4.69) is 132 Å². The largest absolute Gasteiger partial charge is 0.508 e. The number of nitrogens with one attached hydrogen (secondary N) is 2. The van der Waals surface area contributed by atoms with Gasteiger partial charge in [-0.15, -0.1) is 0 Å². The molecule has 3 N–H and O–H groups in total. The van der Waals surface area contributed by atoms with E-state index in [1.165, 1.54) is 16.8 Å². The molecule has 0 saturated carbocycles. The van der Waals surface area contributed by atoms with Gasteiger partial charge < -0.3 is 24.8 Å². The van der Waals surface area contributed by atoms with Crippen LogP contribution in [0.2, 0.25) is 0 Å². The first-order valence-electron chi connectivity index (χ1n) is 20.8. The first-order valence-corrected chi connectivity index (χ1v) is 20.8. The number of esters is 1. The van der Waals surface area contributed by atoms with E-state index in [9.17, 15) is 4.79 Å². The summed E-state index contributed by atoms with van der Waals surface area (Å²) in [6, 6.07) is 33.7. The Morgan fingerprint density at radius 2 is 1.09 bits per heavy atom. The molecule has 58 heavy (non-hydrogen) atoms. The summed E-state index contributed by atoms with van der Waals surface area (Å²) in [7, 11) is 2.12. The molecule has 0 bridgehead atoms. The van der Waals surface area contributed by atoms with E-state index in [1.807, 2.05) is 94.4 Å². The number of carbonyl (C=O) groups excluding carboxylic acids is 1. The molecule has 0 aromatic heterocycles. The van der Waals surface area contributed by atoms with Crippen LogP contribution < -0.4 is 15.5 Å². The summed E-state index contributed by atoms with van der Waals surface area (Å²) in [4.78, 5) is 13.7. The number of phenols is 1. The molecule has 0 heterocycles. The van der Waals surface area contributed by atoms with Crippen LogP contribution in [-0.2, 0) is 27.3 Å². The molecule has 0 fully saturated rings. The zero-order chi connectivity index (χ0) is 44.7. The number of para-hydroxylation sites is 1. The summed E-state index contributed by atoms with van der Waals surface area (Å²) >= 11 is 0. The van der Waals surface area contributed by atoms with Crippen LogP contribution in [0.1, 0.15) is 142 Å². The van der Waals surface area contributed by atoms with Crippen LogP contribution in [0, 0.1) is 6.92 Å². The molecule has 0 saturated heterocycles. The maximum Gasteiger partial charge on any atom is 0.311 e. The predicted octanol–water partition coefficient (Wildman–Crippen LogP) is 14.5. The van der Waals surface area contributed by atoms with Crippen molar-refractivity contribution >= 4 is 23.0 Å². The third-order valence-electron chi connectivity index (χ3n) is 7.24. The lowest BCUT2D eigenvalue weighted by Gasteiger charge is -2.34. The van der Waals surface area contributed by atoms with Crippen molar-refractivity contribution in [1.29, 1.82) is 0 Å². The Kier molecular flexibility index (Phi) is 35.0. The summed E-state index contributed by atoms with van der Waals surface area (Å²) in [6.07, 6.45) is 0.214. The van der Waals surface area contributed by atoms with Gasteiger partial charge in [-0.1, -0.05) is 123 Å². The summed E-state index contributed by atoms with van der Waals surface area (Å²) in [5, 5.41) is 15.6. The highest BCUT2D eigenvalue weighted by Crippen LogP contribution is 2.25. The molecule has 0 aliphatic heterocycles. The standard InChI is InChI=1S/C17H22N2.C13H19NO3.C12H18O.4C2H6.CH4/c1-17(2,3)19(4)16-12-10-15(11-13-16)18-14-8-6-5-7-9-14;1-13(2,3)14-9-17-12(16)8-10-4-6-11(15)7-5-10;1-10-5-7-11(8-6-10)9-13-12(2,3)4;4*1-2;/h5-13,18H,1-4H3;4-7,14-15H,8-9H2,1-3H3;5-8H,9H2,1-4H3;4*1-2H3;1H4. The van der Waals surface area contributed by atoms with E-state index in [0.717, 1.165) is 16.9 Å². The molecule has 4 aromatic carbocycles. The van der Waals surface area contributed by atoms with Crippen molar-refractivity contribution in [3.63, 3.8) is 0 Å². The number of carbonyl (C=O) groups is 1. The number of anilines is 3. The Bertz CT molecular complexity index is 1500. The van der Waals surface area contributed by atoms with Crippen molar-refractivity contribution in [3.8, 4) is 5.75 Å². The number of ether oxygens (including phenoxy) is 2. The molecule has 0 spiro atoms. The molecule has 7 heteroatoms. The van der Waals surface area contributed by atoms with Crippen LogP contribution in [-0.4, -0.2) is 41.5 Å². The van der Waals surface area contributed by atoms with Crippen molar-refractivity contribution in [1.82, 2.24) is 5.32 Å². The smallest absolute Gasteiger partial charge is 0.311 e. The van der Waals surface area contributed by atoms with Gasteiger partial charge in [-0.3, -0.25) is 10.1 Å². The highest BCUT2D eigenvalue weighted by atomic mass is 16.5. The van der Waals surface area contributed by atoms with Gasteiger partial charge in [0.1, 0.15) is 12.5 Å². The zero-order valence-electron chi connectivity index (χ0n) is 39.6. The molecule has 0 amide bonds. The molecule has 0 aliphatic carbocycles. The van der Waals surface area contributed by atoms with E-state index in [4.69, 9.17) is 14.6 Å². The average molecular weight is 806 g/mol. The predicted molar refractivity (Wildman–Crippen MR) is 258 cm³/mol.